The van der Waals surface area contributed by atoms with Crippen molar-refractivity contribution < 1.29 is 0 Å². The van der Waals surface area contributed by atoms with Gasteiger partial charge in [-0.1, -0.05) is 64.2 Å². The minimum absolute atomic E-state index is 0.707. The molecule has 2 rings (SSSR count). The van der Waals surface area contributed by atoms with E-state index in [1.165, 1.54) is 64.2 Å². The van der Waals surface area contributed by atoms with Gasteiger partial charge in [-0.3, -0.25) is 0 Å². The number of hydrogen-bond donors (Lipinski definition) is 2. The van der Waals surface area contributed by atoms with Crippen LogP contribution in [0.5, 0.6) is 0 Å². The first-order valence-electron chi connectivity index (χ1n) is 8.27. The molecule has 2 saturated carbocycles. The van der Waals surface area contributed by atoms with Gasteiger partial charge in [-0.2, -0.15) is 0 Å². The van der Waals surface area contributed by atoms with Crippen LogP contribution in [0.1, 0.15) is 64.2 Å². The van der Waals surface area contributed by atoms with Gasteiger partial charge in [0.05, 0.1) is 0 Å². The molecule has 0 aromatic heterocycles. The third kappa shape index (κ3) is 3.48. The van der Waals surface area contributed by atoms with E-state index >= 15 is 0 Å². The second-order valence-electron chi connectivity index (χ2n) is 6.60. The average molecular weight is 252 g/mol. The summed E-state index contributed by atoms with van der Waals surface area (Å²) < 4.78 is 0. The van der Waals surface area contributed by atoms with Gasteiger partial charge >= 0.3 is 0 Å². The van der Waals surface area contributed by atoms with E-state index < -0.39 is 0 Å². The molecule has 0 heterocycles. The zero-order valence-electron chi connectivity index (χ0n) is 11.9. The molecule has 2 aliphatic carbocycles. The van der Waals surface area contributed by atoms with Crippen molar-refractivity contribution in [3.63, 3.8) is 0 Å². The fraction of sp³-hybridized carbons (Fsp3) is 1.00. The van der Waals surface area contributed by atoms with Gasteiger partial charge in [-0.15, -0.1) is 0 Å². The highest BCUT2D eigenvalue weighted by molar-refractivity contribution is 4.86. The second kappa shape index (κ2) is 7.49. The Labute approximate surface area is 113 Å². The molecule has 18 heavy (non-hydrogen) atoms. The van der Waals surface area contributed by atoms with E-state index in [4.69, 9.17) is 11.5 Å². The van der Waals surface area contributed by atoms with Crippen LogP contribution < -0.4 is 11.5 Å². The van der Waals surface area contributed by atoms with Gasteiger partial charge in [0.15, 0.2) is 0 Å². The van der Waals surface area contributed by atoms with Crippen LogP contribution in [0, 0.1) is 23.7 Å². The molecule has 0 amide bonds. The molecule has 2 aliphatic rings. The van der Waals surface area contributed by atoms with Gasteiger partial charge in [0, 0.05) is 0 Å². The molecule has 0 radical (unpaired) electrons. The molecular weight excluding hydrogens is 220 g/mol. The van der Waals surface area contributed by atoms with Gasteiger partial charge < -0.3 is 11.5 Å². The lowest BCUT2D eigenvalue weighted by Gasteiger charge is -2.40. The Hall–Kier alpha value is -0.0800. The number of rotatable bonds is 5. The maximum atomic E-state index is 6.13. The number of nitrogens with two attached hydrogens (primary N) is 2. The zero-order valence-corrected chi connectivity index (χ0v) is 11.9. The van der Waals surface area contributed by atoms with Crippen molar-refractivity contribution in [2.75, 3.05) is 13.1 Å². The Balaban J connectivity index is 1.97. The van der Waals surface area contributed by atoms with E-state index in [2.05, 4.69) is 0 Å². The molecule has 106 valence electrons. The monoisotopic (exact) mass is 252 g/mol. The van der Waals surface area contributed by atoms with Gasteiger partial charge in [0.2, 0.25) is 0 Å². The summed E-state index contributed by atoms with van der Waals surface area (Å²) in [4.78, 5) is 0. The topological polar surface area (TPSA) is 52.0 Å². The standard InChI is InChI=1S/C16H32N2/c17-11-15(13-7-3-1-4-8-13)16(12-18)14-9-5-2-6-10-14/h13-16H,1-12,17-18H2. The molecule has 0 spiro atoms. The van der Waals surface area contributed by atoms with Crippen LogP contribution in [0.3, 0.4) is 0 Å². The highest BCUT2D eigenvalue weighted by Crippen LogP contribution is 2.40. The van der Waals surface area contributed by atoms with Crippen molar-refractivity contribution in [1.29, 1.82) is 0 Å². The van der Waals surface area contributed by atoms with Crippen LogP contribution >= 0.6 is 0 Å². The van der Waals surface area contributed by atoms with Gasteiger partial charge in [-0.25, -0.2) is 0 Å². The summed E-state index contributed by atoms with van der Waals surface area (Å²) in [6.07, 6.45) is 14.2. The predicted molar refractivity (Wildman–Crippen MR) is 78.2 cm³/mol. The van der Waals surface area contributed by atoms with Crippen molar-refractivity contribution in [3.8, 4) is 0 Å². The first kappa shape index (κ1) is 14.3. The van der Waals surface area contributed by atoms with E-state index in [0.29, 0.717) is 11.8 Å². The fourth-order valence-electron chi connectivity index (χ4n) is 4.56. The van der Waals surface area contributed by atoms with Crippen LogP contribution in [-0.4, -0.2) is 13.1 Å². The molecule has 0 aromatic rings. The van der Waals surface area contributed by atoms with Crippen molar-refractivity contribution in [1.82, 2.24) is 0 Å². The van der Waals surface area contributed by atoms with Crippen LogP contribution in [0.4, 0.5) is 0 Å². The zero-order chi connectivity index (χ0) is 12.8. The summed E-state index contributed by atoms with van der Waals surface area (Å²) in [5, 5.41) is 0. The molecular formula is C16H32N2. The first-order chi connectivity index (χ1) is 8.86. The molecule has 0 saturated heterocycles. The molecule has 4 N–H and O–H groups in total. The van der Waals surface area contributed by atoms with Crippen LogP contribution in [0.2, 0.25) is 0 Å². The van der Waals surface area contributed by atoms with E-state index in [1.54, 1.807) is 0 Å². The predicted octanol–water partition coefficient (Wildman–Crippen LogP) is 3.30. The maximum Gasteiger partial charge on any atom is -0.00430 e. The highest BCUT2D eigenvalue weighted by Gasteiger charge is 2.33. The van der Waals surface area contributed by atoms with Crippen molar-refractivity contribution >= 4 is 0 Å². The Bertz CT molecular complexity index is 193. The molecule has 0 bridgehead atoms. The summed E-state index contributed by atoms with van der Waals surface area (Å²) in [6.45, 7) is 1.73. The van der Waals surface area contributed by atoms with E-state index in [0.717, 1.165) is 24.9 Å². The fourth-order valence-corrected chi connectivity index (χ4v) is 4.56. The van der Waals surface area contributed by atoms with Gasteiger partial charge in [-0.05, 0) is 36.8 Å². The summed E-state index contributed by atoms with van der Waals surface area (Å²) in [5.74, 6) is 3.16. The lowest BCUT2D eigenvalue weighted by atomic mass is 9.67. The van der Waals surface area contributed by atoms with E-state index in [9.17, 15) is 0 Å². The van der Waals surface area contributed by atoms with E-state index in [-0.39, 0.29) is 0 Å². The molecule has 2 heteroatoms. The minimum atomic E-state index is 0.707. The third-order valence-electron chi connectivity index (χ3n) is 5.60. The highest BCUT2D eigenvalue weighted by atomic mass is 14.6. The lowest BCUT2D eigenvalue weighted by molar-refractivity contribution is 0.118. The summed E-state index contributed by atoms with van der Waals surface area (Å²) in [6, 6.07) is 0. The first-order valence-corrected chi connectivity index (χ1v) is 8.27. The lowest BCUT2D eigenvalue weighted by Crippen LogP contribution is -2.40. The Kier molecular flexibility index (Phi) is 5.97. The molecule has 2 fully saturated rings. The van der Waals surface area contributed by atoms with E-state index in [1.807, 2.05) is 0 Å². The SMILES string of the molecule is NCC(C1CCCCC1)C(CN)C1CCCCC1. The molecule has 2 nitrogen and oxygen atoms in total. The summed E-state index contributed by atoms with van der Waals surface area (Å²) in [7, 11) is 0. The van der Waals surface area contributed by atoms with Gasteiger partial charge in [0.25, 0.3) is 0 Å². The normalized spacial score (nSPS) is 27.0. The average Bonchev–Trinajstić information content (AvgIpc) is 2.46. The molecule has 2 atom stereocenters. The van der Waals surface area contributed by atoms with Crippen molar-refractivity contribution in [2.24, 2.45) is 35.1 Å². The molecule has 2 unspecified atom stereocenters. The second-order valence-corrected chi connectivity index (χ2v) is 6.60. The quantitative estimate of drug-likeness (QED) is 0.789. The van der Waals surface area contributed by atoms with Gasteiger partial charge in [0.1, 0.15) is 0 Å². The molecule has 0 aromatic carbocycles. The molecule has 0 aliphatic heterocycles. The maximum absolute atomic E-state index is 6.13. The summed E-state index contributed by atoms with van der Waals surface area (Å²) >= 11 is 0. The third-order valence-corrected chi connectivity index (χ3v) is 5.60. The van der Waals surface area contributed by atoms with Crippen molar-refractivity contribution in [3.05, 3.63) is 0 Å². The Morgan fingerprint density at radius 2 is 0.944 bits per heavy atom. The minimum Gasteiger partial charge on any atom is -0.330 e. The van der Waals surface area contributed by atoms with Crippen LogP contribution in [0.15, 0.2) is 0 Å². The van der Waals surface area contributed by atoms with Crippen molar-refractivity contribution in [2.45, 2.75) is 64.2 Å². The number of hydrogen-bond acceptors (Lipinski definition) is 2. The largest absolute Gasteiger partial charge is 0.330 e. The van der Waals surface area contributed by atoms with Crippen LogP contribution in [0.25, 0.3) is 0 Å². The smallest absolute Gasteiger partial charge is 0.00430 e. The van der Waals surface area contributed by atoms with Crippen LogP contribution in [-0.2, 0) is 0 Å². The Morgan fingerprint density at radius 1 is 0.611 bits per heavy atom. The summed E-state index contributed by atoms with van der Waals surface area (Å²) in [5.41, 5.74) is 12.3. The Morgan fingerprint density at radius 3 is 1.22 bits per heavy atom.